The molecule has 5 heteroatoms. The summed E-state index contributed by atoms with van der Waals surface area (Å²) in [5.74, 6) is 0.257. The fourth-order valence-electron chi connectivity index (χ4n) is 2.16. The molecule has 18 heavy (non-hydrogen) atoms. The van der Waals surface area contributed by atoms with Crippen LogP contribution in [0.1, 0.15) is 43.1 Å². The molecule has 0 saturated heterocycles. The van der Waals surface area contributed by atoms with E-state index in [-0.39, 0.29) is 18.3 Å². The van der Waals surface area contributed by atoms with Crippen molar-refractivity contribution >= 4 is 24.1 Å². The Kier molecular flexibility index (Phi) is 4.96. The van der Waals surface area contributed by atoms with Crippen LogP contribution in [0.15, 0.2) is 18.2 Å². The predicted octanol–water partition coefficient (Wildman–Crippen LogP) is 2.40. The number of rotatable bonds is 5. The van der Waals surface area contributed by atoms with E-state index in [4.69, 9.17) is 5.73 Å². The van der Waals surface area contributed by atoms with Crippen LogP contribution in [0.25, 0.3) is 0 Å². The van der Waals surface area contributed by atoms with Gasteiger partial charge in [-0.2, -0.15) is 0 Å². The minimum absolute atomic E-state index is 0. The normalized spacial score (nSPS) is 15.6. The van der Waals surface area contributed by atoms with Gasteiger partial charge in [0.25, 0.3) is 5.91 Å². The van der Waals surface area contributed by atoms with Gasteiger partial charge in [0.2, 0.25) is 0 Å². The van der Waals surface area contributed by atoms with Crippen molar-refractivity contribution in [2.45, 2.75) is 32.6 Å². The van der Waals surface area contributed by atoms with Crippen molar-refractivity contribution in [3.63, 3.8) is 0 Å². The van der Waals surface area contributed by atoms with Gasteiger partial charge in [0.05, 0.1) is 0 Å². The molecular formula is C13H20ClN3O. The lowest BCUT2D eigenvalue weighted by Gasteiger charge is -2.14. The topological polar surface area (TPSA) is 68.0 Å². The molecule has 100 valence electrons. The quantitative estimate of drug-likeness (QED) is 0.862. The van der Waals surface area contributed by atoms with Gasteiger partial charge >= 0.3 is 0 Å². The number of hydrogen-bond donors (Lipinski definition) is 2. The van der Waals surface area contributed by atoms with Crippen molar-refractivity contribution in [1.29, 1.82) is 0 Å². The fourth-order valence-corrected chi connectivity index (χ4v) is 2.16. The Morgan fingerprint density at radius 3 is 2.78 bits per heavy atom. The SMILES string of the molecule is CCCC1(CNC(=O)c2cccc(N)n2)CC1.Cl. The number of pyridine rings is 1. The van der Waals surface area contributed by atoms with Gasteiger partial charge in [-0.1, -0.05) is 19.4 Å². The highest BCUT2D eigenvalue weighted by Crippen LogP contribution is 2.48. The maximum atomic E-state index is 11.8. The third kappa shape index (κ3) is 3.60. The Balaban J connectivity index is 0.00000162. The number of hydrogen-bond acceptors (Lipinski definition) is 3. The molecule has 2 rings (SSSR count). The Morgan fingerprint density at radius 1 is 1.50 bits per heavy atom. The van der Waals surface area contributed by atoms with Crippen LogP contribution in [0.5, 0.6) is 0 Å². The summed E-state index contributed by atoms with van der Waals surface area (Å²) in [4.78, 5) is 15.9. The highest BCUT2D eigenvalue weighted by atomic mass is 35.5. The zero-order valence-electron chi connectivity index (χ0n) is 10.6. The average Bonchev–Trinajstić information content (AvgIpc) is 3.07. The molecule has 3 N–H and O–H groups in total. The number of aromatic nitrogens is 1. The summed E-state index contributed by atoms with van der Waals surface area (Å²) in [6.07, 6.45) is 4.82. The highest BCUT2D eigenvalue weighted by molar-refractivity contribution is 5.92. The molecule has 1 aliphatic rings. The van der Waals surface area contributed by atoms with Crippen LogP contribution in [0.2, 0.25) is 0 Å². The largest absolute Gasteiger partial charge is 0.384 e. The first-order valence-electron chi connectivity index (χ1n) is 6.16. The van der Waals surface area contributed by atoms with Crippen LogP contribution in [-0.2, 0) is 0 Å². The number of nitrogens with zero attached hydrogens (tertiary/aromatic N) is 1. The van der Waals surface area contributed by atoms with E-state index in [1.807, 2.05) is 0 Å². The molecule has 1 aliphatic carbocycles. The smallest absolute Gasteiger partial charge is 0.269 e. The van der Waals surface area contributed by atoms with E-state index in [2.05, 4.69) is 17.2 Å². The predicted molar refractivity (Wildman–Crippen MR) is 74.8 cm³/mol. The zero-order valence-corrected chi connectivity index (χ0v) is 11.4. The summed E-state index contributed by atoms with van der Waals surface area (Å²) >= 11 is 0. The van der Waals surface area contributed by atoms with E-state index in [1.165, 1.54) is 25.7 Å². The van der Waals surface area contributed by atoms with Gasteiger partial charge in [0.1, 0.15) is 11.5 Å². The Labute approximate surface area is 114 Å². The molecule has 0 unspecified atom stereocenters. The minimum Gasteiger partial charge on any atom is -0.384 e. The number of nitrogens with two attached hydrogens (primary N) is 1. The van der Waals surface area contributed by atoms with Crippen molar-refractivity contribution in [2.24, 2.45) is 5.41 Å². The van der Waals surface area contributed by atoms with Crippen LogP contribution >= 0.6 is 12.4 Å². The maximum absolute atomic E-state index is 11.8. The molecule has 0 aliphatic heterocycles. The molecule has 1 aromatic heterocycles. The minimum atomic E-state index is -0.125. The van der Waals surface area contributed by atoms with Crippen LogP contribution < -0.4 is 11.1 Å². The van der Waals surface area contributed by atoms with Gasteiger partial charge in [-0.3, -0.25) is 4.79 Å². The molecule has 1 aromatic rings. The van der Waals surface area contributed by atoms with Crippen molar-refractivity contribution in [1.82, 2.24) is 10.3 Å². The molecule has 1 heterocycles. The Bertz CT molecular complexity index is 418. The number of anilines is 1. The zero-order chi connectivity index (χ0) is 12.3. The second-order valence-corrected chi connectivity index (χ2v) is 4.88. The number of amides is 1. The van der Waals surface area contributed by atoms with Crippen molar-refractivity contribution in [3.8, 4) is 0 Å². The van der Waals surface area contributed by atoms with Crippen LogP contribution in [0.4, 0.5) is 5.82 Å². The summed E-state index contributed by atoms with van der Waals surface area (Å²) < 4.78 is 0. The van der Waals surface area contributed by atoms with Gasteiger partial charge in [-0.15, -0.1) is 12.4 Å². The number of carbonyl (C=O) groups excluding carboxylic acids is 1. The molecule has 0 atom stereocenters. The summed E-state index contributed by atoms with van der Waals surface area (Å²) in [6, 6.07) is 5.11. The van der Waals surface area contributed by atoms with Crippen LogP contribution in [0, 0.1) is 5.41 Å². The summed E-state index contributed by atoms with van der Waals surface area (Å²) in [6.45, 7) is 2.94. The first-order chi connectivity index (χ1) is 8.15. The van der Waals surface area contributed by atoms with E-state index in [0.29, 0.717) is 16.9 Å². The first-order valence-corrected chi connectivity index (χ1v) is 6.16. The monoisotopic (exact) mass is 269 g/mol. The lowest BCUT2D eigenvalue weighted by molar-refractivity contribution is 0.0939. The lowest BCUT2D eigenvalue weighted by atomic mass is 10.0. The van der Waals surface area contributed by atoms with Crippen molar-refractivity contribution in [2.75, 3.05) is 12.3 Å². The molecule has 1 amide bonds. The van der Waals surface area contributed by atoms with E-state index < -0.39 is 0 Å². The molecule has 1 fully saturated rings. The third-order valence-corrected chi connectivity index (χ3v) is 3.36. The summed E-state index contributed by atoms with van der Waals surface area (Å²) in [5, 5.41) is 2.96. The third-order valence-electron chi connectivity index (χ3n) is 3.36. The van der Waals surface area contributed by atoms with Gasteiger partial charge in [-0.25, -0.2) is 4.98 Å². The van der Waals surface area contributed by atoms with Gasteiger partial charge in [0, 0.05) is 6.54 Å². The van der Waals surface area contributed by atoms with Crippen molar-refractivity contribution < 1.29 is 4.79 Å². The lowest BCUT2D eigenvalue weighted by Crippen LogP contribution is -2.30. The molecule has 0 radical (unpaired) electrons. The number of nitrogen functional groups attached to an aromatic ring is 1. The van der Waals surface area contributed by atoms with Gasteiger partial charge < -0.3 is 11.1 Å². The molecular weight excluding hydrogens is 250 g/mol. The van der Waals surface area contributed by atoms with E-state index in [1.54, 1.807) is 18.2 Å². The van der Waals surface area contributed by atoms with Crippen LogP contribution in [-0.4, -0.2) is 17.4 Å². The maximum Gasteiger partial charge on any atom is 0.269 e. The summed E-state index contributed by atoms with van der Waals surface area (Å²) in [7, 11) is 0. The number of halogens is 1. The Morgan fingerprint density at radius 2 is 2.22 bits per heavy atom. The molecule has 0 bridgehead atoms. The van der Waals surface area contributed by atoms with Gasteiger partial charge in [-0.05, 0) is 36.8 Å². The molecule has 0 spiro atoms. The van der Waals surface area contributed by atoms with E-state index >= 15 is 0 Å². The Hall–Kier alpha value is -1.29. The number of carbonyl (C=O) groups is 1. The fraction of sp³-hybridized carbons (Fsp3) is 0.538. The highest BCUT2D eigenvalue weighted by Gasteiger charge is 2.41. The number of nitrogens with one attached hydrogen (secondary N) is 1. The van der Waals surface area contributed by atoms with Crippen LogP contribution in [0.3, 0.4) is 0 Å². The van der Waals surface area contributed by atoms with Crippen molar-refractivity contribution in [3.05, 3.63) is 23.9 Å². The van der Waals surface area contributed by atoms with Gasteiger partial charge in [0.15, 0.2) is 0 Å². The van der Waals surface area contributed by atoms with E-state index in [9.17, 15) is 4.79 Å². The second-order valence-electron chi connectivity index (χ2n) is 4.88. The standard InChI is InChI=1S/C13H19N3O.ClH/c1-2-6-13(7-8-13)9-15-12(17)10-4-3-5-11(14)16-10;/h3-5H,2,6-9H2,1H3,(H2,14,16)(H,15,17);1H. The first kappa shape index (κ1) is 14.8. The molecule has 4 nitrogen and oxygen atoms in total. The second kappa shape index (κ2) is 6.05. The van der Waals surface area contributed by atoms with E-state index in [0.717, 1.165) is 6.54 Å². The summed E-state index contributed by atoms with van der Waals surface area (Å²) in [5.41, 5.74) is 6.31. The molecule has 1 saturated carbocycles. The average molecular weight is 270 g/mol. The molecule has 0 aromatic carbocycles.